The van der Waals surface area contributed by atoms with Crippen LogP contribution in [0, 0.1) is 0 Å². The zero-order valence-electron chi connectivity index (χ0n) is 13.1. The van der Waals surface area contributed by atoms with Crippen molar-refractivity contribution in [3.63, 3.8) is 0 Å². The molecule has 2 aromatic rings. The Bertz CT molecular complexity index is 665. The maximum absolute atomic E-state index is 12.7. The third-order valence-electron chi connectivity index (χ3n) is 3.11. The van der Waals surface area contributed by atoms with E-state index in [1.54, 1.807) is 6.92 Å². The second kappa shape index (κ2) is 8.24. The molecule has 1 N–H and O–H groups in total. The van der Waals surface area contributed by atoms with Gasteiger partial charge in [-0.05, 0) is 37.0 Å². The summed E-state index contributed by atoms with van der Waals surface area (Å²) in [6.07, 6.45) is -1.63. The molecule has 2 rings (SSSR count). The number of unbranched alkanes of at least 4 members (excludes halogenated alkanes) is 1. The van der Waals surface area contributed by atoms with Crippen LogP contribution in [0.25, 0.3) is 11.4 Å². The summed E-state index contributed by atoms with van der Waals surface area (Å²) in [5, 5.41) is 0.570. The lowest BCUT2D eigenvalue weighted by molar-refractivity contribution is -0.141. The summed E-state index contributed by atoms with van der Waals surface area (Å²) < 4.78 is 57.0. The molecular weight excluding hydrogens is 361 g/mol. The van der Waals surface area contributed by atoms with Gasteiger partial charge in [0, 0.05) is 23.1 Å². The van der Waals surface area contributed by atoms with E-state index in [1.807, 2.05) is 6.92 Å². The van der Waals surface area contributed by atoms with Gasteiger partial charge in [0.05, 0.1) is 0 Å². The van der Waals surface area contributed by atoms with Crippen molar-refractivity contribution in [1.29, 1.82) is 0 Å². The maximum atomic E-state index is 12.7. The molecule has 132 valence electrons. The smallest absolute Gasteiger partial charge is 0.433 e. The fourth-order valence-electron chi connectivity index (χ4n) is 1.83. The first kappa shape index (κ1) is 19.1. The largest absolute Gasteiger partial charge is 0.598 e. The molecule has 0 amide bonds. The van der Waals surface area contributed by atoms with Crippen molar-refractivity contribution >= 4 is 22.9 Å². The van der Waals surface area contributed by atoms with Crippen molar-refractivity contribution in [3.8, 4) is 11.4 Å². The molecule has 0 spiro atoms. The molecule has 0 aromatic carbocycles. The quantitative estimate of drug-likeness (QED) is 0.743. The lowest BCUT2D eigenvalue weighted by Gasteiger charge is -2.14. The highest BCUT2D eigenvalue weighted by Crippen LogP contribution is 2.30. The molecule has 2 atom stereocenters. The van der Waals surface area contributed by atoms with Crippen LogP contribution in [-0.2, 0) is 17.5 Å². The number of aromatic nitrogens is 3. The van der Waals surface area contributed by atoms with Crippen LogP contribution in [0.15, 0.2) is 18.3 Å². The summed E-state index contributed by atoms with van der Waals surface area (Å²) in [4.78, 5) is 7.57. The van der Waals surface area contributed by atoms with E-state index in [9.17, 15) is 17.7 Å². The Morgan fingerprint density at radius 1 is 1.42 bits per heavy atom. The van der Waals surface area contributed by atoms with E-state index >= 15 is 0 Å². The summed E-state index contributed by atoms with van der Waals surface area (Å²) >= 11 is -0.0991. The van der Waals surface area contributed by atoms with Crippen LogP contribution in [0.2, 0.25) is 0 Å². The molecule has 2 heterocycles. The second-order valence-corrected chi connectivity index (χ2v) is 7.24. The summed E-state index contributed by atoms with van der Waals surface area (Å²) in [5.74, 6) is 0.752. The Kier molecular flexibility index (Phi) is 6.55. The molecule has 5 nitrogen and oxygen atoms in total. The van der Waals surface area contributed by atoms with Crippen molar-refractivity contribution < 1.29 is 17.7 Å². The van der Waals surface area contributed by atoms with Crippen molar-refractivity contribution in [2.24, 2.45) is 0 Å². The fourth-order valence-corrected chi connectivity index (χ4v) is 3.75. The Hall–Kier alpha value is -1.23. The molecule has 10 heteroatoms. The van der Waals surface area contributed by atoms with E-state index < -0.39 is 23.2 Å². The van der Waals surface area contributed by atoms with Gasteiger partial charge in [-0.25, -0.2) is 4.98 Å². The highest BCUT2D eigenvalue weighted by atomic mass is 32.2. The second-order valence-electron chi connectivity index (χ2n) is 5.13. The van der Waals surface area contributed by atoms with Crippen LogP contribution in [0.3, 0.4) is 0 Å². The number of pyridine rings is 1. The van der Waals surface area contributed by atoms with Crippen LogP contribution in [-0.4, -0.2) is 24.6 Å². The zero-order chi connectivity index (χ0) is 17.7. The Morgan fingerprint density at radius 3 is 2.83 bits per heavy atom. The molecule has 0 aliphatic carbocycles. The van der Waals surface area contributed by atoms with Gasteiger partial charge >= 0.3 is 6.18 Å². The summed E-state index contributed by atoms with van der Waals surface area (Å²) in [7, 11) is 0. The van der Waals surface area contributed by atoms with Gasteiger partial charge in [-0.3, -0.25) is 4.98 Å². The minimum absolute atomic E-state index is 0.205. The first-order valence-corrected chi connectivity index (χ1v) is 9.42. The van der Waals surface area contributed by atoms with E-state index in [-0.39, 0.29) is 17.4 Å². The van der Waals surface area contributed by atoms with Crippen molar-refractivity contribution in [2.75, 3.05) is 5.75 Å². The van der Waals surface area contributed by atoms with Gasteiger partial charge in [0.2, 0.25) is 0 Å². The number of hydrogen-bond acceptors (Lipinski definition) is 6. The molecule has 0 saturated heterocycles. The fraction of sp³-hybridized carbons (Fsp3) is 0.500. The Labute approximate surface area is 145 Å². The van der Waals surface area contributed by atoms with Gasteiger partial charge in [-0.2, -0.15) is 17.5 Å². The summed E-state index contributed by atoms with van der Waals surface area (Å²) in [6, 6.07) is 2.06. The first-order valence-electron chi connectivity index (χ1n) is 7.33. The average molecular weight is 378 g/mol. The minimum Gasteiger partial charge on any atom is -0.598 e. The highest BCUT2D eigenvalue weighted by molar-refractivity contribution is 7.89. The number of nitrogens with zero attached hydrogens (tertiary/aromatic N) is 3. The lowest BCUT2D eigenvalue weighted by atomic mass is 10.2. The SMILES string of the molecule is CCCC[S@@+]([O-])N[C@@H](C)c1nc(-c2ccnc(C(F)(F)F)c2)ns1. The third kappa shape index (κ3) is 5.13. The van der Waals surface area contributed by atoms with Crippen LogP contribution in [0.4, 0.5) is 13.2 Å². The van der Waals surface area contributed by atoms with E-state index in [1.165, 1.54) is 6.07 Å². The van der Waals surface area contributed by atoms with E-state index in [2.05, 4.69) is 19.1 Å². The van der Waals surface area contributed by atoms with Crippen LogP contribution < -0.4 is 4.72 Å². The zero-order valence-corrected chi connectivity index (χ0v) is 14.8. The average Bonchev–Trinajstić information content (AvgIpc) is 3.02. The third-order valence-corrected chi connectivity index (χ3v) is 5.28. The van der Waals surface area contributed by atoms with E-state index in [4.69, 9.17) is 0 Å². The first-order chi connectivity index (χ1) is 11.3. The van der Waals surface area contributed by atoms with E-state index in [0.29, 0.717) is 10.8 Å². The molecule has 2 aromatic heterocycles. The standard InChI is InChI=1S/C14H17F3N4OS2/c1-3-4-7-24(22)21-9(2)13-19-12(20-23-13)10-5-6-18-11(8-10)14(15,16)17/h5-6,8-9,21H,3-4,7H2,1-2H3/t9-,24+/m0/s1. The van der Waals surface area contributed by atoms with Crippen molar-refractivity contribution in [3.05, 3.63) is 29.0 Å². The van der Waals surface area contributed by atoms with E-state index in [0.717, 1.165) is 36.6 Å². The summed E-state index contributed by atoms with van der Waals surface area (Å²) in [5.41, 5.74) is -0.734. The molecule has 0 fully saturated rings. The molecule has 0 saturated carbocycles. The number of alkyl halides is 3. The molecule has 0 bridgehead atoms. The monoisotopic (exact) mass is 378 g/mol. The van der Waals surface area contributed by atoms with Crippen LogP contribution in [0.1, 0.15) is 43.4 Å². The number of hydrogen-bond donors (Lipinski definition) is 1. The summed E-state index contributed by atoms with van der Waals surface area (Å²) in [6.45, 7) is 3.81. The van der Waals surface area contributed by atoms with Gasteiger partial charge in [0.15, 0.2) is 5.82 Å². The molecule has 0 aliphatic heterocycles. The Balaban J connectivity index is 2.10. The molecule has 24 heavy (non-hydrogen) atoms. The Morgan fingerprint density at radius 2 is 2.17 bits per heavy atom. The molecule has 0 unspecified atom stereocenters. The maximum Gasteiger partial charge on any atom is 0.433 e. The minimum atomic E-state index is -4.51. The lowest BCUT2D eigenvalue weighted by Crippen LogP contribution is -2.29. The normalized spacial score (nSPS) is 14.6. The molecule has 0 radical (unpaired) electrons. The van der Waals surface area contributed by atoms with Gasteiger partial charge in [-0.1, -0.05) is 13.3 Å². The van der Waals surface area contributed by atoms with Gasteiger partial charge in [0.1, 0.15) is 22.5 Å². The van der Waals surface area contributed by atoms with Crippen molar-refractivity contribution in [1.82, 2.24) is 19.1 Å². The van der Waals surface area contributed by atoms with Gasteiger partial charge in [0.25, 0.3) is 0 Å². The topological polar surface area (TPSA) is 73.8 Å². The van der Waals surface area contributed by atoms with Crippen molar-refractivity contribution in [2.45, 2.75) is 38.9 Å². The van der Waals surface area contributed by atoms with Crippen LogP contribution in [0.5, 0.6) is 0 Å². The highest BCUT2D eigenvalue weighted by Gasteiger charge is 2.32. The van der Waals surface area contributed by atoms with Gasteiger partial charge in [-0.15, -0.1) is 4.72 Å². The number of halogens is 3. The van der Waals surface area contributed by atoms with Crippen LogP contribution >= 0.6 is 11.5 Å². The molecule has 0 aliphatic rings. The predicted octanol–water partition coefficient (Wildman–Crippen LogP) is 3.73. The molecular formula is C14H17F3N4OS2. The van der Waals surface area contributed by atoms with Gasteiger partial charge < -0.3 is 4.55 Å². The number of rotatable bonds is 7. The predicted molar refractivity (Wildman–Crippen MR) is 87.6 cm³/mol. The number of nitrogens with one attached hydrogen (secondary N) is 1.